The third kappa shape index (κ3) is 4.20. The van der Waals surface area contributed by atoms with Crippen molar-refractivity contribution in [1.29, 1.82) is 0 Å². The first-order chi connectivity index (χ1) is 14.1. The van der Waals surface area contributed by atoms with Crippen LogP contribution in [0.3, 0.4) is 0 Å². The fourth-order valence-electron chi connectivity index (χ4n) is 3.75. The van der Waals surface area contributed by atoms with Crippen molar-refractivity contribution in [1.82, 2.24) is 9.78 Å². The fraction of sp³-hybridized carbons (Fsp3) is 0.350. The van der Waals surface area contributed by atoms with Gasteiger partial charge in [0.15, 0.2) is 0 Å². The van der Waals surface area contributed by atoms with Crippen LogP contribution in [0.25, 0.3) is 10.9 Å². The van der Waals surface area contributed by atoms with Crippen LogP contribution in [-0.4, -0.2) is 34.5 Å². The van der Waals surface area contributed by atoms with Gasteiger partial charge >= 0.3 is 6.18 Å². The number of benzene rings is 2. The molecule has 0 aliphatic carbocycles. The van der Waals surface area contributed by atoms with Crippen molar-refractivity contribution in [3.63, 3.8) is 0 Å². The van der Waals surface area contributed by atoms with E-state index in [1.54, 1.807) is 7.05 Å². The molecule has 2 atom stereocenters. The Morgan fingerprint density at radius 2 is 1.68 bits per heavy atom. The fourth-order valence-corrected chi connectivity index (χ4v) is 3.75. The minimum absolute atomic E-state index is 0. The number of aliphatic hydroxyl groups excluding tert-OH is 1. The lowest BCUT2D eigenvalue weighted by Gasteiger charge is -2.38. The summed E-state index contributed by atoms with van der Waals surface area (Å²) in [4.78, 5) is 0. The first-order valence-corrected chi connectivity index (χ1v) is 9.05. The van der Waals surface area contributed by atoms with Gasteiger partial charge in [0.05, 0.1) is 17.3 Å². The van der Waals surface area contributed by atoms with Gasteiger partial charge in [-0.25, -0.2) is 13.2 Å². The summed E-state index contributed by atoms with van der Waals surface area (Å²) in [6.07, 6.45) is -8.98. The van der Waals surface area contributed by atoms with Gasteiger partial charge in [0.2, 0.25) is 0 Å². The maximum Gasteiger partial charge on any atom is 0.416 e. The van der Waals surface area contributed by atoms with Crippen LogP contribution < -0.4 is 5.32 Å². The van der Waals surface area contributed by atoms with E-state index in [9.17, 15) is 31.4 Å². The monoisotopic (exact) mass is 465 g/mol. The van der Waals surface area contributed by atoms with Crippen molar-refractivity contribution in [2.75, 3.05) is 12.4 Å². The van der Waals surface area contributed by atoms with Gasteiger partial charge < -0.3 is 10.4 Å². The largest absolute Gasteiger partial charge is 0.416 e. The van der Waals surface area contributed by atoms with Gasteiger partial charge in [-0.2, -0.15) is 31.8 Å². The lowest BCUT2D eigenvalue weighted by Crippen LogP contribution is -2.49. The first-order valence-electron chi connectivity index (χ1n) is 9.05. The highest BCUT2D eigenvalue weighted by Gasteiger charge is 2.47. The first kappa shape index (κ1) is 24.9. The molecule has 170 valence electrons. The number of aromatic nitrogens is 2. The molecule has 0 saturated heterocycles. The molecule has 2 unspecified atom stereocenters. The quantitative estimate of drug-likeness (QED) is 0.497. The normalized spacial score (nSPS) is 14.9. The van der Waals surface area contributed by atoms with E-state index in [1.807, 2.05) is 0 Å². The van der Waals surface area contributed by atoms with Crippen LogP contribution in [0.2, 0.25) is 0 Å². The Hall–Kier alpha value is -2.40. The van der Waals surface area contributed by atoms with E-state index < -0.39 is 35.6 Å². The van der Waals surface area contributed by atoms with Gasteiger partial charge in [-0.05, 0) is 36.2 Å². The highest BCUT2D eigenvalue weighted by atomic mass is 32.1. The second kappa shape index (κ2) is 8.99. The van der Waals surface area contributed by atoms with E-state index in [0.717, 1.165) is 35.0 Å². The number of hydrogen-bond donors (Lipinski definition) is 2. The SMILES string of the molecule is CCC(c1ccc(C(F)(F)F)cc1)(C(O)C(F)F)n1ncc2c(NC)cc(F)cc21.S. The molecule has 0 radical (unpaired) electrons. The van der Waals surface area contributed by atoms with Crippen molar-refractivity contribution in [2.45, 2.75) is 37.6 Å². The summed E-state index contributed by atoms with van der Waals surface area (Å²) in [6, 6.07) is 5.85. The Balaban J connectivity index is 0.00000341. The molecule has 31 heavy (non-hydrogen) atoms. The molecule has 1 aromatic heterocycles. The number of fused-ring (bicyclic) bond motifs is 1. The van der Waals surface area contributed by atoms with Crippen LogP contribution in [0.1, 0.15) is 24.5 Å². The lowest BCUT2D eigenvalue weighted by molar-refractivity contribution is -0.137. The molecule has 0 saturated carbocycles. The topological polar surface area (TPSA) is 50.1 Å². The van der Waals surface area contributed by atoms with Crippen molar-refractivity contribution in [3.05, 3.63) is 59.5 Å². The van der Waals surface area contributed by atoms with Crippen LogP contribution in [0.4, 0.5) is 32.0 Å². The average Bonchev–Trinajstić information content (AvgIpc) is 3.12. The summed E-state index contributed by atoms with van der Waals surface area (Å²) in [5.41, 5.74) is -2.44. The Kier molecular flexibility index (Phi) is 7.21. The zero-order chi connectivity index (χ0) is 22.3. The number of nitrogens with one attached hydrogen (secondary N) is 1. The van der Waals surface area contributed by atoms with Crippen LogP contribution in [-0.2, 0) is 11.7 Å². The molecule has 2 N–H and O–H groups in total. The van der Waals surface area contributed by atoms with Gasteiger partial charge in [0.25, 0.3) is 6.43 Å². The molecular formula is C20H21F6N3OS. The smallest absolute Gasteiger partial charge is 0.387 e. The summed E-state index contributed by atoms with van der Waals surface area (Å²) >= 11 is 0. The Labute approximate surface area is 181 Å². The third-order valence-electron chi connectivity index (χ3n) is 5.28. The number of nitrogens with zero attached hydrogens (tertiary/aromatic N) is 2. The molecule has 2 aromatic carbocycles. The number of alkyl halides is 5. The Morgan fingerprint density at radius 3 is 2.16 bits per heavy atom. The summed E-state index contributed by atoms with van der Waals surface area (Å²) in [7, 11) is 1.54. The van der Waals surface area contributed by atoms with E-state index in [1.165, 1.54) is 19.2 Å². The van der Waals surface area contributed by atoms with Gasteiger partial charge in [-0.3, -0.25) is 4.68 Å². The molecule has 0 fully saturated rings. The number of anilines is 1. The zero-order valence-electron chi connectivity index (χ0n) is 16.5. The van der Waals surface area contributed by atoms with Crippen molar-refractivity contribution in [3.8, 4) is 0 Å². The predicted molar refractivity (Wildman–Crippen MR) is 110 cm³/mol. The molecule has 0 spiro atoms. The molecule has 3 rings (SSSR count). The van der Waals surface area contributed by atoms with E-state index in [0.29, 0.717) is 11.1 Å². The molecule has 1 heterocycles. The summed E-state index contributed by atoms with van der Waals surface area (Å²) in [5.74, 6) is -0.669. The minimum atomic E-state index is -4.61. The number of aliphatic hydroxyl groups is 1. The molecule has 0 amide bonds. The number of halogens is 6. The Bertz CT molecular complexity index is 1040. The van der Waals surface area contributed by atoms with Crippen molar-refractivity contribution >= 4 is 30.1 Å². The molecule has 3 aromatic rings. The van der Waals surface area contributed by atoms with Crippen molar-refractivity contribution in [2.24, 2.45) is 0 Å². The number of hydrogen-bond acceptors (Lipinski definition) is 3. The van der Waals surface area contributed by atoms with Gasteiger partial charge in [0, 0.05) is 18.1 Å². The van der Waals surface area contributed by atoms with Crippen LogP contribution >= 0.6 is 13.5 Å². The van der Waals surface area contributed by atoms with E-state index >= 15 is 0 Å². The van der Waals surface area contributed by atoms with E-state index in [4.69, 9.17) is 0 Å². The van der Waals surface area contributed by atoms with Crippen molar-refractivity contribution < 1.29 is 31.4 Å². The maximum atomic E-state index is 14.2. The second-order valence-corrected chi connectivity index (χ2v) is 6.82. The average molecular weight is 465 g/mol. The molecule has 0 aliphatic rings. The maximum absolute atomic E-state index is 14.2. The van der Waals surface area contributed by atoms with Crippen LogP contribution in [0.15, 0.2) is 42.6 Å². The highest BCUT2D eigenvalue weighted by Crippen LogP contribution is 2.40. The third-order valence-corrected chi connectivity index (χ3v) is 5.28. The van der Waals surface area contributed by atoms with E-state index in [-0.39, 0.29) is 31.0 Å². The summed E-state index contributed by atoms with van der Waals surface area (Å²) < 4.78 is 81.5. The standard InChI is InChI=1S/C20H19F6N3O.H2S/c1-3-19(17(30)18(22)23,11-4-6-12(7-5-11)20(24,25)26)29-16-9-13(21)8-15(27-2)14(16)10-28-29;/h4-10,17-18,27,30H,3H2,1-2H3;1H2. The molecule has 11 heteroatoms. The van der Waals surface area contributed by atoms with Crippen LogP contribution in [0, 0.1) is 5.82 Å². The van der Waals surface area contributed by atoms with Crippen LogP contribution in [0.5, 0.6) is 0 Å². The number of rotatable bonds is 6. The Morgan fingerprint density at radius 1 is 1.10 bits per heavy atom. The minimum Gasteiger partial charge on any atom is -0.387 e. The van der Waals surface area contributed by atoms with Gasteiger partial charge in [0.1, 0.15) is 17.5 Å². The molecule has 0 aliphatic heterocycles. The summed E-state index contributed by atoms with van der Waals surface area (Å²) in [5, 5.41) is 17.8. The molecule has 4 nitrogen and oxygen atoms in total. The highest BCUT2D eigenvalue weighted by molar-refractivity contribution is 7.59. The second-order valence-electron chi connectivity index (χ2n) is 6.82. The van der Waals surface area contributed by atoms with E-state index in [2.05, 4.69) is 10.4 Å². The lowest BCUT2D eigenvalue weighted by atomic mass is 9.81. The molecule has 0 bridgehead atoms. The van der Waals surface area contributed by atoms with Gasteiger partial charge in [-0.15, -0.1) is 0 Å². The predicted octanol–water partition coefficient (Wildman–Crippen LogP) is 5.13. The molecular weight excluding hydrogens is 444 g/mol. The zero-order valence-corrected chi connectivity index (χ0v) is 17.5. The van der Waals surface area contributed by atoms with Gasteiger partial charge in [-0.1, -0.05) is 19.1 Å². The summed E-state index contributed by atoms with van der Waals surface area (Å²) in [6.45, 7) is 1.50.